The molecule has 0 atom stereocenters. The first kappa shape index (κ1) is 13.1. The summed E-state index contributed by atoms with van der Waals surface area (Å²) in [4.78, 5) is 11.6. The molecule has 2 rings (SSSR count). The number of halogens is 1. The zero-order chi connectivity index (χ0) is 13.5. The van der Waals surface area contributed by atoms with Crippen LogP contribution in [0.1, 0.15) is 6.42 Å². The van der Waals surface area contributed by atoms with Crippen LogP contribution in [0.2, 0.25) is 0 Å². The number of carbonyl (C=O) groups excluding carboxylic acids is 1. The third-order valence-electron chi connectivity index (χ3n) is 2.47. The molecule has 98 valence electrons. The highest BCUT2D eigenvalue weighted by molar-refractivity contribution is 5.90. The molecule has 0 saturated carbocycles. The molecule has 0 aliphatic heterocycles. The molecule has 0 aromatic heterocycles. The fourth-order valence-corrected chi connectivity index (χ4v) is 1.54. The summed E-state index contributed by atoms with van der Waals surface area (Å²) in [5, 5.41) is 2.76. The van der Waals surface area contributed by atoms with Crippen molar-refractivity contribution in [2.45, 2.75) is 6.42 Å². The van der Waals surface area contributed by atoms with Gasteiger partial charge < -0.3 is 10.1 Å². The minimum atomic E-state index is -0.311. The van der Waals surface area contributed by atoms with Gasteiger partial charge in [-0.05, 0) is 36.4 Å². The van der Waals surface area contributed by atoms with Gasteiger partial charge in [0.2, 0.25) is 5.91 Å². The number of benzene rings is 2. The summed E-state index contributed by atoms with van der Waals surface area (Å²) in [5.41, 5.74) is 0.759. The minimum Gasteiger partial charge on any atom is -0.493 e. The van der Waals surface area contributed by atoms with Crippen LogP contribution in [-0.2, 0) is 4.79 Å². The number of rotatable bonds is 5. The van der Waals surface area contributed by atoms with Gasteiger partial charge in [0.05, 0.1) is 13.0 Å². The van der Waals surface area contributed by atoms with Crippen LogP contribution in [0.3, 0.4) is 0 Å². The van der Waals surface area contributed by atoms with E-state index >= 15 is 0 Å². The van der Waals surface area contributed by atoms with Crippen LogP contribution in [-0.4, -0.2) is 12.5 Å². The van der Waals surface area contributed by atoms with Crippen molar-refractivity contribution < 1.29 is 13.9 Å². The molecule has 0 aliphatic rings. The van der Waals surface area contributed by atoms with Gasteiger partial charge in [-0.3, -0.25) is 4.79 Å². The number of para-hydroxylation sites is 1. The van der Waals surface area contributed by atoms with Crippen molar-refractivity contribution in [3.05, 3.63) is 60.4 Å². The van der Waals surface area contributed by atoms with Gasteiger partial charge in [-0.15, -0.1) is 0 Å². The lowest BCUT2D eigenvalue weighted by molar-refractivity contribution is -0.116. The summed E-state index contributed by atoms with van der Waals surface area (Å²) >= 11 is 0. The van der Waals surface area contributed by atoms with E-state index in [-0.39, 0.29) is 24.8 Å². The zero-order valence-corrected chi connectivity index (χ0v) is 10.3. The van der Waals surface area contributed by atoms with Gasteiger partial charge in [-0.2, -0.15) is 0 Å². The minimum absolute atomic E-state index is 0.117. The fourth-order valence-electron chi connectivity index (χ4n) is 1.54. The van der Waals surface area contributed by atoms with Crippen molar-refractivity contribution in [2.75, 3.05) is 11.9 Å². The van der Waals surface area contributed by atoms with E-state index in [0.29, 0.717) is 5.75 Å². The highest BCUT2D eigenvalue weighted by Gasteiger charge is 2.02. The quantitative estimate of drug-likeness (QED) is 0.895. The van der Waals surface area contributed by atoms with Crippen LogP contribution in [0.4, 0.5) is 10.1 Å². The van der Waals surface area contributed by atoms with Crippen molar-refractivity contribution in [1.29, 1.82) is 0 Å². The molecule has 3 nitrogen and oxygen atoms in total. The Hall–Kier alpha value is -2.36. The second-order valence-electron chi connectivity index (χ2n) is 3.97. The van der Waals surface area contributed by atoms with Gasteiger partial charge in [-0.1, -0.05) is 18.2 Å². The highest BCUT2D eigenvalue weighted by atomic mass is 19.1. The molecule has 2 aromatic carbocycles. The van der Waals surface area contributed by atoms with Crippen LogP contribution in [0, 0.1) is 5.82 Å². The van der Waals surface area contributed by atoms with Crippen molar-refractivity contribution in [2.24, 2.45) is 0 Å². The summed E-state index contributed by atoms with van der Waals surface area (Å²) in [6.45, 7) is 0.254. The highest BCUT2D eigenvalue weighted by Crippen LogP contribution is 2.11. The predicted octanol–water partition coefficient (Wildman–Crippen LogP) is 3.23. The second kappa shape index (κ2) is 6.54. The first-order chi connectivity index (χ1) is 9.24. The van der Waals surface area contributed by atoms with Crippen LogP contribution < -0.4 is 10.1 Å². The number of ether oxygens (including phenoxy) is 1. The molecule has 0 spiro atoms. The van der Waals surface area contributed by atoms with Crippen LogP contribution in [0.25, 0.3) is 0 Å². The number of nitrogens with one attached hydrogen (secondary N) is 1. The maximum Gasteiger partial charge on any atom is 0.227 e. The van der Waals surface area contributed by atoms with E-state index < -0.39 is 0 Å². The number of anilines is 1. The molecule has 19 heavy (non-hydrogen) atoms. The standard InChI is InChI=1S/C15H14FNO2/c16-12-6-8-14(9-7-12)19-11-10-15(18)17-13-4-2-1-3-5-13/h1-9H,10-11H2,(H,17,18). The van der Waals surface area contributed by atoms with E-state index in [0.717, 1.165) is 5.69 Å². The normalized spacial score (nSPS) is 9.95. The molecule has 0 radical (unpaired) electrons. The lowest BCUT2D eigenvalue weighted by Gasteiger charge is -2.07. The Morgan fingerprint density at radius 1 is 1.05 bits per heavy atom. The van der Waals surface area contributed by atoms with Crippen LogP contribution in [0.5, 0.6) is 5.75 Å². The molecule has 0 aliphatic carbocycles. The van der Waals surface area contributed by atoms with Crippen LogP contribution in [0.15, 0.2) is 54.6 Å². The Balaban J connectivity index is 1.74. The summed E-state index contributed by atoms with van der Waals surface area (Å²) in [5.74, 6) is 0.122. The average Bonchev–Trinajstić information content (AvgIpc) is 2.42. The van der Waals surface area contributed by atoms with E-state index in [4.69, 9.17) is 4.74 Å². The van der Waals surface area contributed by atoms with Crippen molar-refractivity contribution >= 4 is 11.6 Å². The van der Waals surface area contributed by atoms with Crippen molar-refractivity contribution in [3.8, 4) is 5.75 Å². The van der Waals surface area contributed by atoms with Gasteiger partial charge in [0, 0.05) is 5.69 Å². The van der Waals surface area contributed by atoms with Gasteiger partial charge in [0.25, 0.3) is 0 Å². The summed E-state index contributed by atoms with van der Waals surface area (Å²) in [6.07, 6.45) is 0.242. The van der Waals surface area contributed by atoms with Crippen molar-refractivity contribution in [3.63, 3.8) is 0 Å². The predicted molar refractivity (Wildman–Crippen MR) is 71.6 cm³/mol. The Labute approximate surface area is 111 Å². The van der Waals surface area contributed by atoms with Crippen molar-refractivity contribution in [1.82, 2.24) is 0 Å². The van der Waals surface area contributed by atoms with Gasteiger partial charge in [0.1, 0.15) is 11.6 Å². The Morgan fingerprint density at radius 3 is 2.42 bits per heavy atom. The number of amides is 1. The molecule has 0 heterocycles. The lowest BCUT2D eigenvalue weighted by atomic mass is 10.3. The monoisotopic (exact) mass is 259 g/mol. The molecule has 0 bridgehead atoms. The summed E-state index contributed by atoms with van der Waals surface area (Å²) in [7, 11) is 0. The maximum absolute atomic E-state index is 12.7. The zero-order valence-electron chi connectivity index (χ0n) is 10.3. The van der Waals surface area contributed by atoms with Gasteiger partial charge in [-0.25, -0.2) is 4.39 Å². The maximum atomic E-state index is 12.7. The molecule has 1 N–H and O–H groups in total. The third kappa shape index (κ3) is 4.43. The largest absolute Gasteiger partial charge is 0.493 e. The summed E-state index contributed by atoms with van der Waals surface area (Å²) in [6, 6.07) is 14.9. The van der Waals surface area contributed by atoms with E-state index in [1.165, 1.54) is 24.3 Å². The molecular formula is C15H14FNO2. The van der Waals surface area contributed by atoms with Crippen LogP contribution >= 0.6 is 0 Å². The average molecular weight is 259 g/mol. The molecule has 4 heteroatoms. The van der Waals surface area contributed by atoms with Gasteiger partial charge >= 0.3 is 0 Å². The lowest BCUT2D eigenvalue weighted by Crippen LogP contribution is -2.15. The Bertz CT molecular complexity index is 526. The third-order valence-corrected chi connectivity index (χ3v) is 2.47. The Morgan fingerprint density at radius 2 is 1.74 bits per heavy atom. The SMILES string of the molecule is O=C(CCOc1ccc(F)cc1)Nc1ccccc1. The van der Waals surface area contributed by atoms with E-state index in [9.17, 15) is 9.18 Å². The smallest absolute Gasteiger partial charge is 0.227 e. The summed E-state index contributed by atoms with van der Waals surface area (Å²) < 4.78 is 18.0. The van der Waals surface area contributed by atoms with E-state index in [2.05, 4.69) is 5.32 Å². The Kier molecular flexibility index (Phi) is 4.50. The first-order valence-electron chi connectivity index (χ1n) is 5.97. The molecule has 1 amide bonds. The first-order valence-corrected chi connectivity index (χ1v) is 5.97. The second-order valence-corrected chi connectivity index (χ2v) is 3.97. The van der Waals surface area contributed by atoms with E-state index in [1.54, 1.807) is 0 Å². The number of hydrogen-bond acceptors (Lipinski definition) is 2. The molecule has 2 aromatic rings. The molecule has 0 saturated heterocycles. The van der Waals surface area contributed by atoms with Gasteiger partial charge in [0.15, 0.2) is 0 Å². The number of carbonyl (C=O) groups is 1. The molecular weight excluding hydrogens is 245 g/mol. The fraction of sp³-hybridized carbons (Fsp3) is 0.133. The number of hydrogen-bond donors (Lipinski definition) is 1. The molecule has 0 unspecified atom stereocenters. The molecule has 0 fully saturated rings. The topological polar surface area (TPSA) is 38.3 Å². The van der Waals surface area contributed by atoms with E-state index in [1.807, 2.05) is 30.3 Å².